The van der Waals surface area contributed by atoms with Crippen molar-refractivity contribution in [1.82, 2.24) is 0 Å². The first kappa shape index (κ1) is 12.4. The number of unbranched alkanes of at least 4 members (excludes halogenated alkanes) is 1. The molecule has 0 aromatic carbocycles. The minimum atomic E-state index is -0.490. The summed E-state index contributed by atoms with van der Waals surface area (Å²) in [6, 6.07) is 0. The molecular formula is C13H21FO. The van der Waals surface area contributed by atoms with Crippen molar-refractivity contribution in [3.63, 3.8) is 0 Å². The number of hydrogen-bond acceptors (Lipinski definition) is 1. The fourth-order valence-electron chi connectivity index (χ4n) is 2.06. The van der Waals surface area contributed by atoms with Crippen LogP contribution in [0.25, 0.3) is 0 Å². The Morgan fingerprint density at radius 2 is 2.00 bits per heavy atom. The van der Waals surface area contributed by atoms with Crippen LogP contribution in [-0.4, -0.2) is 5.78 Å². The van der Waals surface area contributed by atoms with Gasteiger partial charge in [0.15, 0.2) is 11.6 Å². The topological polar surface area (TPSA) is 17.1 Å². The molecule has 1 fully saturated rings. The lowest BCUT2D eigenvalue weighted by Gasteiger charge is -2.17. The number of carbonyl (C=O) groups is 1. The molecular weight excluding hydrogens is 191 g/mol. The first-order chi connectivity index (χ1) is 7.24. The molecule has 0 saturated heterocycles. The molecule has 0 unspecified atom stereocenters. The number of hydrogen-bond donors (Lipinski definition) is 0. The van der Waals surface area contributed by atoms with Gasteiger partial charge in [0.2, 0.25) is 0 Å². The lowest BCUT2D eigenvalue weighted by atomic mass is 9.88. The molecule has 0 aromatic rings. The van der Waals surface area contributed by atoms with E-state index in [0.29, 0.717) is 12.3 Å². The highest BCUT2D eigenvalue weighted by molar-refractivity contribution is 5.93. The molecule has 86 valence electrons. The maximum Gasteiger partial charge on any atom is 0.190 e. The number of rotatable bonds is 5. The van der Waals surface area contributed by atoms with Gasteiger partial charge in [0.25, 0.3) is 0 Å². The van der Waals surface area contributed by atoms with Crippen LogP contribution in [0.1, 0.15) is 58.3 Å². The molecule has 0 N–H and O–H groups in total. The van der Waals surface area contributed by atoms with Crippen LogP contribution in [0.15, 0.2) is 11.9 Å². The predicted molar refractivity (Wildman–Crippen MR) is 60.3 cm³/mol. The maximum absolute atomic E-state index is 13.4. The van der Waals surface area contributed by atoms with E-state index in [4.69, 9.17) is 0 Å². The number of halogens is 1. The Bertz CT molecular complexity index is 227. The summed E-state index contributed by atoms with van der Waals surface area (Å²) >= 11 is 0. The van der Waals surface area contributed by atoms with Crippen LogP contribution in [0.5, 0.6) is 0 Å². The highest BCUT2D eigenvalue weighted by atomic mass is 19.1. The second-order valence-electron chi connectivity index (χ2n) is 4.44. The smallest absolute Gasteiger partial charge is 0.190 e. The van der Waals surface area contributed by atoms with Gasteiger partial charge in [-0.05, 0) is 31.3 Å². The molecule has 2 heteroatoms. The monoisotopic (exact) mass is 212 g/mol. The molecule has 0 radical (unpaired) electrons. The van der Waals surface area contributed by atoms with E-state index >= 15 is 0 Å². The summed E-state index contributed by atoms with van der Waals surface area (Å²) in [4.78, 5) is 11.3. The molecule has 0 bridgehead atoms. The van der Waals surface area contributed by atoms with E-state index in [0.717, 1.165) is 25.7 Å². The van der Waals surface area contributed by atoms with Crippen LogP contribution in [0, 0.1) is 5.92 Å². The highest BCUT2D eigenvalue weighted by Crippen LogP contribution is 2.26. The molecule has 0 amide bonds. The Balaban J connectivity index is 2.39. The molecule has 0 aliphatic heterocycles. The molecule has 1 aliphatic carbocycles. The van der Waals surface area contributed by atoms with Gasteiger partial charge in [-0.15, -0.1) is 0 Å². The molecule has 1 saturated carbocycles. The molecule has 1 aliphatic rings. The summed E-state index contributed by atoms with van der Waals surface area (Å²) in [6.45, 7) is 2.01. The van der Waals surface area contributed by atoms with Gasteiger partial charge in [-0.25, -0.2) is 4.39 Å². The third kappa shape index (κ3) is 4.59. The molecule has 0 heterocycles. The molecule has 0 atom stereocenters. The minimum absolute atomic E-state index is 0.303. The molecule has 1 nitrogen and oxygen atoms in total. The zero-order valence-corrected chi connectivity index (χ0v) is 9.60. The van der Waals surface area contributed by atoms with Crippen LogP contribution >= 0.6 is 0 Å². The predicted octanol–water partition coefficient (Wildman–Crippen LogP) is 4.18. The van der Waals surface area contributed by atoms with Gasteiger partial charge < -0.3 is 0 Å². The van der Waals surface area contributed by atoms with Gasteiger partial charge in [0.1, 0.15) is 0 Å². The van der Waals surface area contributed by atoms with Crippen molar-refractivity contribution >= 4 is 5.78 Å². The van der Waals surface area contributed by atoms with Crippen molar-refractivity contribution < 1.29 is 9.18 Å². The average Bonchev–Trinajstić information content (AvgIpc) is 2.27. The van der Waals surface area contributed by atoms with Crippen LogP contribution in [0.3, 0.4) is 0 Å². The summed E-state index contributed by atoms with van der Waals surface area (Å²) in [5.41, 5.74) is 0. The maximum atomic E-state index is 13.4. The Hall–Kier alpha value is -0.660. The summed E-state index contributed by atoms with van der Waals surface area (Å²) in [6.07, 6.45) is 9.39. The molecule has 0 spiro atoms. The van der Waals surface area contributed by atoms with Crippen molar-refractivity contribution in [1.29, 1.82) is 0 Å². The number of carbonyl (C=O) groups excluding carboxylic acids is 1. The fraction of sp³-hybridized carbons (Fsp3) is 0.769. The normalized spacial score (nSPS) is 19.2. The summed E-state index contributed by atoms with van der Waals surface area (Å²) < 4.78 is 13.4. The van der Waals surface area contributed by atoms with Gasteiger partial charge in [0, 0.05) is 6.42 Å². The minimum Gasteiger partial charge on any atom is -0.292 e. The third-order valence-electron chi connectivity index (χ3n) is 3.06. The zero-order valence-electron chi connectivity index (χ0n) is 9.60. The Labute approximate surface area is 91.8 Å². The molecule has 15 heavy (non-hydrogen) atoms. The van der Waals surface area contributed by atoms with Crippen molar-refractivity contribution in [3.05, 3.63) is 11.9 Å². The SMILES string of the molecule is CCCCC(=O)/C(F)=C/C1CCCCC1. The van der Waals surface area contributed by atoms with E-state index < -0.39 is 5.83 Å². The molecule has 1 rings (SSSR count). The van der Waals surface area contributed by atoms with E-state index in [2.05, 4.69) is 0 Å². The van der Waals surface area contributed by atoms with Crippen LogP contribution < -0.4 is 0 Å². The summed E-state index contributed by atoms with van der Waals surface area (Å²) in [7, 11) is 0. The Morgan fingerprint density at radius 3 is 2.60 bits per heavy atom. The van der Waals surface area contributed by atoms with Gasteiger partial charge in [-0.3, -0.25) is 4.79 Å². The zero-order chi connectivity index (χ0) is 11.1. The first-order valence-corrected chi connectivity index (χ1v) is 6.14. The lowest BCUT2D eigenvalue weighted by Crippen LogP contribution is -2.06. The van der Waals surface area contributed by atoms with Crippen molar-refractivity contribution in [3.8, 4) is 0 Å². The Morgan fingerprint density at radius 1 is 1.33 bits per heavy atom. The number of allylic oxidation sites excluding steroid dienone is 2. The van der Waals surface area contributed by atoms with Crippen molar-refractivity contribution in [2.75, 3.05) is 0 Å². The highest BCUT2D eigenvalue weighted by Gasteiger charge is 2.15. The fourth-order valence-corrected chi connectivity index (χ4v) is 2.06. The summed E-state index contributed by atoms with van der Waals surface area (Å²) in [5, 5.41) is 0. The largest absolute Gasteiger partial charge is 0.292 e. The second-order valence-corrected chi connectivity index (χ2v) is 4.44. The van der Waals surface area contributed by atoms with Crippen LogP contribution in [0.2, 0.25) is 0 Å². The van der Waals surface area contributed by atoms with E-state index in [1.165, 1.54) is 19.3 Å². The van der Waals surface area contributed by atoms with Gasteiger partial charge >= 0.3 is 0 Å². The average molecular weight is 212 g/mol. The van der Waals surface area contributed by atoms with E-state index in [9.17, 15) is 9.18 Å². The molecule has 0 aromatic heterocycles. The quantitative estimate of drug-likeness (QED) is 0.625. The van der Waals surface area contributed by atoms with Gasteiger partial charge in [0.05, 0.1) is 0 Å². The number of ketones is 1. The van der Waals surface area contributed by atoms with Crippen LogP contribution in [-0.2, 0) is 4.79 Å². The third-order valence-corrected chi connectivity index (χ3v) is 3.06. The van der Waals surface area contributed by atoms with Crippen molar-refractivity contribution in [2.24, 2.45) is 5.92 Å². The van der Waals surface area contributed by atoms with Gasteiger partial charge in [-0.1, -0.05) is 32.6 Å². The second kappa shape index (κ2) is 6.76. The van der Waals surface area contributed by atoms with E-state index in [1.807, 2.05) is 6.92 Å². The standard InChI is InChI=1S/C13H21FO/c1-2-3-9-13(15)12(14)10-11-7-5-4-6-8-11/h10-11H,2-9H2,1H3/b12-10-. The van der Waals surface area contributed by atoms with E-state index in [-0.39, 0.29) is 5.78 Å². The summed E-state index contributed by atoms with van der Waals surface area (Å²) in [5.74, 6) is -0.484. The lowest BCUT2D eigenvalue weighted by molar-refractivity contribution is -0.117. The van der Waals surface area contributed by atoms with Crippen molar-refractivity contribution in [2.45, 2.75) is 58.3 Å². The van der Waals surface area contributed by atoms with E-state index in [1.54, 1.807) is 6.08 Å². The first-order valence-electron chi connectivity index (χ1n) is 6.14. The Kier molecular flexibility index (Phi) is 5.59. The van der Waals surface area contributed by atoms with Crippen LogP contribution in [0.4, 0.5) is 4.39 Å². The van der Waals surface area contributed by atoms with Gasteiger partial charge in [-0.2, -0.15) is 0 Å². The number of Topliss-reactive ketones (excluding diaryl/α,β-unsaturated/α-hetero) is 1.